The molecule has 2 N–H and O–H groups in total. The second kappa shape index (κ2) is 10.1. The summed E-state index contributed by atoms with van der Waals surface area (Å²) < 4.78 is 8.54. The molecule has 0 aliphatic rings. The standard InChI is InChI=1S/C22H24Br2N4O2S/c1-6-13(4)27-28-22-25-17-8-11(2)19(14(5)21(17)31-22)26-18(29)10-30-20-12(3)7-15(23)9-16(20)24/h7-9H,6,10H2,1-5H3,(H,25,28)(H,26,29)/b27-13-. The van der Waals surface area contributed by atoms with Crippen LogP contribution in [0.15, 0.2) is 32.2 Å². The van der Waals surface area contributed by atoms with Gasteiger partial charge in [-0.3, -0.25) is 10.2 Å². The van der Waals surface area contributed by atoms with Gasteiger partial charge >= 0.3 is 0 Å². The fourth-order valence-corrected chi connectivity index (χ4v) is 5.48. The molecule has 3 aromatic rings. The van der Waals surface area contributed by atoms with Gasteiger partial charge in [0.1, 0.15) is 5.75 Å². The van der Waals surface area contributed by atoms with E-state index in [0.717, 1.165) is 58.8 Å². The number of hydrogen-bond donors (Lipinski definition) is 2. The van der Waals surface area contributed by atoms with Crippen molar-refractivity contribution in [3.8, 4) is 5.75 Å². The molecule has 1 heterocycles. The highest BCUT2D eigenvalue weighted by atomic mass is 79.9. The second-order valence-electron chi connectivity index (χ2n) is 7.24. The van der Waals surface area contributed by atoms with Gasteiger partial charge in [-0.2, -0.15) is 5.10 Å². The zero-order chi connectivity index (χ0) is 22.7. The van der Waals surface area contributed by atoms with Crippen LogP contribution < -0.4 is 15.5 Å². The lowest BCUT2D eigenvalue weighted by Gasteiger charge is -2.14. The molecule has 0 fully saturated rings. The maximum absolute atomic E-state index is 12.6. The van der Waals surface area contributed by atoms with Gasteiger partial charge in [-0.25, -0.2) is 4.98 Å². The fourth-order valence-electron chi connectivity index (χ4n) is 3.03. The second-order valence-corrected chi connectivity index (χ2v) is 10.0. The first-order chi connectivity index (χ1) is 14.7. The van der Waals surface area contributed by atoms with Crippen LogP contribution >= 0.6 is 43.2 Å². The number of rotatable bonds is 7. The minimum Gasteiger partial charge on any atom is -0.482 e. The molecular weight excluding hydrogens is 544 g/mol. The van der Waals surface area contributed by atoms with E-state index in [4.69, 9.17) is 4.74 Å². The molecule has 0 saturated carbocycles. The van der Waals surface area contributed by atoms with Gasteiger partial charge < -0.3 is 10.1 Å². The van der Waals surface area contributed by atoms with Crippen LogP contribution in [0.25, 0.3) is 10.2 Å². The summed E-state index contributed by atoms with van der Waals surface area (Å²) in [5.41, 5.74) is 8.57. The Hall–Kier alpha value is -1.97. The van der Waals surface area contributed by atoms with E-state index in [1.807, 2.05) is 45.9 Å². The first-order valence-corrected chi connectivity index (χ1v) is 12.2. The highest BCUT2D eigenvalue weighted by molar-refractivity contribution is 9.11. The molecule has 1 amide bonds. The molecule has 0 spiro atoms. The molecule has 0 aliphatic carbocycles. The van der Waals surface area contributed by atoms with E-state index >= 15 is 0 Å². The number of amides is 1. The van der Waals surface area contributed by atoms with E-state index in [9.17, 15) is 4.79 Å². The lowest BCUT2D eigenvalue weighted by atomic mass is 10.1. The SMILES string of the molecule is CC/C(C)=N\Nc1nc2cc(C)c(NC(=O)COc3c(C)cc(Br)cc3Br)c(C)c2s1. The Bertz CT molecular complexity index is 1150. The number of carbonyl (C=O) groups excluding carboxylic acids is 1. The number of hydrazone groups is 1. The van der Waals surface area contributed by atoms with Gasteiger partial charge in [-0.15, -0.1) is 0 Å². The van der Waals surface area contributed by atoms with Gasteiger partial charge in [0.05, 0.1) is 14.7 Å². The number of aryl methyl sites for hydroxylation is 3. The molecule has 0 saturated heterocycles. The molecular formula is C22H24Br2N4O2S. The number of anilines is 2. The normalized spacial score (nSPS) is 11.6. The van der Waals surface area contributed by atoms with Crippen LogP contribution in [0.2, 0.25) is 0 Å². The molecule has 0 unspecified atom stereocenters. The summed E-state index contributed by atoms with van der Waals surface area (Å²) in [6, 6.07) is 5.82. The summed E-state index contributed by atoms with van der Waals surface area (Å²) in [4.78, 5) is 17.2. The molecule has 2 aromatic carbocycles. The topological polar surface area (TPSA) is 75.6 Å². The van der Waals surface area contributed by atoms with Crippen molar-refractivity contribution in [2.24, 2.45) is 5.10 Å². The maximum atomic E-state index is 12.6. The molecule has 9 heteroatoms. The molecule has 31 heavy (non-hydrogen) atoms. The van der Waals surface area contributed by atoms with E-state index < -0.39 is 0 Å². The Kier molecular flexibility index (Phi) is 7.72. The monoisotopic (exact) mass is 566 g/mol. The third-order valence-corrected chi connectivity index (χ3v) is 6.92. The predicted octanol–water partition coefficient (Wildman–Crippen LogP) is 6.96. The van der Waals surface area contributed by atoms with Crippen LogP contribution in [0.3, 0.4) is 0 Å². The number of thiazole rings is 1. The van der Waals surface area contributed by atoms with E-state index in [2.05, 4.69) is 59.6 Å². The Morgan fingerprint density at radius 2 is 1.94 bits per heavy atom. The summed E-state index contributed by atoms with van der Waals surface area (Å²) in [5.74, 6) is 0.439. The van der Waals surface area contributed by atoms with Crippen molar-refractivity contribution in [2.75, 3.05) is 17.3 Å². The Labute approximate surface area is 202 Å². The van der Waals surface area contributed by atoms with Crippen LogP contribution in [0.5, 0.6) is 5.75 Å². The number of halogens is 2. The zero-order valence-corrected chi connectivity index (χ0v) is 22.0. The van der Waals surface area contributed by atoms with E-state index in [1.165, 1.54) is 11.3 Å². The number of ether oxygens (including phenoxy) is 1. The predicted molar refractivity (Wildman–Crippen MR) is 137 cm³/mol. The summed E-state index contributed by atoms with van der Waals surface area (Å²) in [5, 5.41) is 8.06. The maximum Gasteiger partial charge on any atom is 0.262 e. The third-order valence-electron chi connectivity index (χ3n) is 4.78. The van der Waals surface area contributed by atoms with Gasteiger partial charge in [0.2, 0.25) is 5.13 Å². The molecule has 0 bridgehead atoms. The first-order valence-electron chi connectivity index (χ1n) is 9.77. The van der Waals surface area contributed by atoms with Crippen molar-refractivity contribution in [3.05, 3.63) is 43.8 Å². The molecule has 0 radical (unpaired) electrons. The fraction of sp³-hybridized carbons (Fsp3) is 0.318. The number of nitrogens with one attached hydrogen (secondary N) is 2. The molecule has 1 aromatic heterocycles. The molecule has 6 nitrogen and oxygen atoms in total. The lowest BCUT2D eigenvalue weighted by molar-refractivity contribution is -0.118. The van der Waals surface area contributed by atoms with Gasteiger partial charge in [0.25, 0.3) is 5.91 Å². The lowest BCUT2D eigenvalue weighted by Crippen LogP contribution is -2.21. The van der Waals surface area contributed by atoms with Gasteiger partial charge in [-0.05, 0) is 84.9 Å². The van der Waals surface area contributed by atoms with Crippen molar-refractivity contribution >= 4 is 75.9 Å². The smallest absolute Gasteiger partial charge is 0.262 e. The Balaban J connectivity index is 1.77. The van der Waals surface area contributed by atoms with Crippen LogP contribution in [-0.2, 0) is 4.79 Å². The molecule has 0 atom stereocenters. The van der Waals surface area contributed by atoms with Crippen molar-refractivity contribution in [1.82, 2.24) is 4.98 Å². The summed E-state index contributed by atoms with van der Waals surface area (Å²) in [7, 11) is 0. The van der Waals surface area contributed by atoms with Gasteiger partial charge in [-0.1, -0.05) is 34.2 Å². The summed E-state index contributed by atoms with van der Waals surface area (Å²) in [6.07, 6.45) is 0.880. The molecule has 164 valence electrons. The number of hydrogen-bond acceptors (Lipinski definition) is 6. The van der Waals surface area contributed by atoms with Crippen LogP contribution in [0.4, 0.5) is 10.8 Å². The van der Waals surface area contributed by atoms with Crippen molar-refractivity contribution < 1.29 is 9.53 Å². The van der Waals surface area contributed by atoms with Crippen LogP contribution in [-0.4, -0.2) is 23.2 Å². The van der Waals surface area contributed by atoms with Crippen molar-refractivity contribution in [3.63, 3.8) is 0 Å². The highest BCUT2D eigenvalue weighted by Gasteiger charge is 2.16. The van der Waals surface area contributed by atoms with E-state index in [1.54, 1.807) is 0 Å². The molecule has 0 aliphatic heterocycles. The third kappa shape index (κ3) is 5.64. The minimum atomic E-state index is -0.217. The van der Waals surface area contributed by atoms with E-state index in [0.29, 0.717) is 5.75 Å². The first kappa shape index (κ1) is 23.7. The van der Waals surface area contributed by atoms with Crippen LogP contribution in [0.1, 0.15) is 37.0 Å². The zero-order valence-electron chi connectivity index (χ0n) is 18.0. The number of carbonyl (C=O) groups is 1. The quantitative estimate of drug-likeness (QED) is 0.239. The summed E-state index contributed by atoms with van der Waals surface area (Å²) in [6.45, 7) is 9.83. The largest absolute Gasteiger partial charge is 0.482 e. The number of benzene rings is 2. The summed E-state index contributed by atoms with van der Waals surface area (Å²) >= 11 is 8.45. The average molecular weight is 568 g/mol. The number of fused-ring (bicyclic) bond motifs is 1. The van der Waals surface area contributed by atoms with Gasteiger partial charge in [0, 0.05) is 15.9 Å². The Morgan fingerprint density at radius 3 is 2.61 bits per heavy atom. The highest BCUT2D eigenvalue weighted by Crippen LogP contribution is 2.35. The Morgan fingerprint density at radius 1 is 1.19 bits per heavy atom. The molecule has 3 rings (SSSR count). The number of nitrogens with zero attached hydrogens (tertiary/aromatic N) is 2. The average Bonchev–Trinajstić information content (AvgIpc) is 3.11. The van der Waals surface area contributed by atoms with Gasteiger partial charge in [0.15, 0.2) is 6.61 Å². The van der Waals surface area contributed by atoms with Crippen molar-refractivity contribution in [2.45, 2.75) is 41.0 Å². The van der Waals surface area contributed by atoms with Crippen LogP contribution in [0, 0.1) is 20.8 Å². The van der Waals surface area contributed by atoms with Crippen molar-refractivity contribution in [1.29, 1.82) is 0 Å². The van der Waals surface area contributed by atoms with E-state index in [-0.39, 0.29) is 12.5 Å². The number of aromatic nitrogens is 1. The minimum absolute atomic E-state index is 0.0848.